The fraction of sp³-hybridized carbons (Fsp3) is 0.611. The summed E-state index contributed by atoms with van der Waals surface area (Å²) in [5, 5.41) is 1.18. The van der Waals surface area contributed by atoms with Gasteiger partial charge in [-0.1, -0.05) is 13.0 Å². The van der Waals surface area contributed by atoms with Crippen molar-refractivity contribution in [2.75, 3.05) is 45.8 Å². The highest BCUT2D eigenvalue weighted by molar-refractivity contribution is 7.18. The molecule has 118 valence electrons. The molecule has 0 aliphatic carbocycles. The normalized spacial score (nSPS) is 31.0. The molecule has 3 aliphatic rings. The molecule has 3 fully saturated rings. The Morgan fingerprint density at radius 2 is 1.73 bits per heavy atom. The number of aryl methyl sites for hydroxylation is 1. The van der Waals surface area contributed by atoms with Gasteiger partial charge >= 0.3 is 0 Å². The smallest absolute Gasteiger partial charge is 0.129 e. The molecule has 0 amide bonds. The Kier molecular flexibility index (Phi) is 3.51. The number of hydrogen-bond acceptors (Lipinski definition) is 2. The quantitative estimate of drug-likeness (QED) is 0.789. The van der Waals surface area contributed by atoms with E-state index in [2.05, 4.69) is 37.0 Å². The van der Waals surface area contributed by atoms with Crippen LogP contribution in [0.1, 0.15) is 23.9 Å². The van der Waals surface area contributed by atoms with Gasteiger partial charge < -0.3 is 8.97 Å². The van der Waals surface area contributed by atoms with Crippen LogP contribution in [0.5, 0.6) is 0 Å². The zero-order chi connectivity index (χ0) is 15.2. The summed E-state index contributed by atoms with van der Waals surface area (Å²) in [5.74, 6) is 0. The fourth-order valence-corrected chi connectivity index (χ4v) is 5.37. The maximum absolute atomic E-state index is 4.67. The number of thiazole rings is 1. The van der Waals surface area contributed by atoms with Gasteiger partial charge in [0.2, 0.25) is 0 Å². The summed E-state index contributed by atoms with van der Waals surface area (Å²) >= 11 is 1.81. The molecule has 4 heterocycles. The third-order valence-corrected chi connectivity index (χ3v) is 6.87. The van der Waals surface area contributed by atoms with Gasteiger partial charge in [0.25, 0.3) is 0 Å². The Bertz CT molecular complexity index is 666. The van der Waals surface area contributed by atoms with Gasteiger partial charge in [0.05, 0.1) is 21.8 Å². The molecule has 0 saturated carbocycles. The van der Waals surface area contributed by atoms with Crippen molar-refractivity contribution in [2.24, 2.45) is 0 Å². The maximum Gasteiger partial charge on any atom is 0.129 e. The summed E-state index contributed by atoms with van der Waals surface area (Å²) in [5.41, 5.74) is 2.68. The van der Waals surface area contributed by atoms with E-state index in [9.17, 15) is 0 Å². The van der Waals surface area contributed by atoms with Crippen molar-refractivity contribution in [3.63, 3.8) is 0 Å². The van der Waals surface area contributed by atoms with Crippen molar-refractivity contribution in [1.82, 2.24) is 4.98 Å². The maximum atomic E-state index is 4.67. The van der Waals surface area contributed by atoms with Crippen molar-refractivity contribution in [3.05, 3.63) is 28.8 Å². The van der Waals surface area contributed by atoms with E-state index in [1.807, 2.05) is 0 Å². The molecule has 0 radical (unpaired) electrons. The highest BCUT2D eigenvalue weighted by atomic mass is 32.1. The fourth-order valence-electron chi connectivity index (χ4n) is 4.56. The van der Waals surface area contributed by atoms with Crippen molar-refractivity contribution in [3.8, 4) is 0 Å². The second-order valence-electron chi connectivity index (χ2n) is 7.44. The molecular weight excluding hydrogens is 290 g/mol. The number of hydrogen-bond donors (Lipinski definition) is 0. The first-order valence-electron chi connectivity index (χ1n) is 8.68. The van der Waals surface area contributed by atoms with Crippen LogP contribution >= 0.6 is 11.3 Å². The number of piperazine rings is 3. The van der Waals surface area contributed by atoms with Crippen molar-refractivity contribution in [2.45, 2.75) is 26.8 Å². The number of quaternary nitrogens is 2. The summed E-state index contributed by atoms with van der Waals surface area (Å²) in [7, 11) is 0. The molecule has 0 unspecified atom stereocenters. The molecule has 2 bridgehead atoms. The van der Waals surface area contributed by atoms with Crippen LogP contribution in [-0.2, 0) is 6.54 Å². The molecule has 2 aromatic rings. The Hall–Kier alpha value is -0.970. The molecular formula is C18H27N3S+2. The topological polar surface area (TPSA) is 12.9 Å². The number of aromatic nitrogens is 1. The third kappa shape index (κ3) is 2.47. The van der Waals surface area contributed by atoms with E-state index in [4.69, 9.17) is 0 Å². The summed E-state index contributed by atoms with van der Waals surface area (Å²) in [6, 6.07) is 6.95. The van der Waals surface area contributed by atoms with Gasteiger partial charge in [-0.05, 0) is 25.5 Å². The van der Waals surface area contributed by atoms with Gasteiger partial charge in [-0.3, -0.25) is 0 Å². The van der Waals surface area contributed by atoms with Crippen LogP contribution in [0.15, 0.2) is 18.2 Å². The van der Waals surface area contributed by atoms with Crippen molar-refractivity contribution < 1.29 is 8.97 Å². The lowest BCUT2D eigenvalue weighted by molar-refractivity contribution is -1.09. The van der Waals surface area contributed by atoms with Gasteiger partial charge in [0, 0.05) is 5.56 Å². The number of fused-ring (bicyclic) bond motifs is 4. The third-order valence-electron chi connectivity index (χ3n) is 5.92. The minimum Gasteiger partial charge on any atom is -0.310 e. The zero-order valence-corrected chi connectivity index (χ0v) is 14.7. The Morgan fingerprint density at radius 1 is 1.05 bits per heavy atom. The first kappa shape index (κ1) is 14.6. The molecule has 0 N–H and O–H groups in total. The van der Waals surface area contributed by atoms with Crippen LogP contribution in [0, 0.1) is 6.92 Å². The van der Waals surface area contributed by atoms with Gasteiger partial charge in [0.15, 0.2) is 0 Å². The number of nitrogens with zero attached hydrogens (tertiary/aromatic N) is 3. The van der Waals surface area contributed by atoms with Crippen LogP contribution < -0.4 is 0 Å². The van der Waals surface area contributed by atoms with E-state index in [0.717, 1.165) is 0 Å². The number of rotatable bonds is 4. The van der Waals surface area contributed by atoms with E-state index >= 15 is 0 Å². The minimum atomic E-state index is 1.18. The average Bonchev–Trinajstić information content (AvgIpc) is 2.89. The average molecular weight is 318 g/mol. The second kappa shape index (κ2) is 5.29. The van der Waals surface area contributed by atoms with E-state index in [-0.39, 0.29) is 0 Å². The molecule has 22 heavy (non-hydrogen) atoms. The number of benzene rings is 1. The van der Waals surface area contributed by atoms with Crippen molar-refractivity contribution >= 4 is 21.6 Å². The summed E-state index contributed by atoms with van der Waals surface area (Å²) in [4.78, 5) is 4.67. The monoisotopic (exact) mass is 317 g/mol. The van der Waals surface area contributed by atoms with E-state index < -0.39 is 0 Å². The highest BCUT2D eigenvalue weighted by Crippen LogP contribution is 2.30. The van der Waals surface area contributed by atoms with Gasteiger partial charge in [-0.25, -0.2) is 4.98 Å². The lowest BCUT2D eigenvalue weighted by Gasteiger charge is -2.55. The molecule has 0 atom stereocenters. The molecule has 1 aromatic heterocycles. The van der Waals surface area contributed by atoms with Crippen LogP contribution in [0.3, 0.4) is 0 Å². The largest absolute Gasteiger partial charge is 0.310 e. The Morgan fingerprint density at radius 3 is 2.41 bits per heavy atom. The van der Waals surface area contributed by atoms with Gasteiger partial charge in [-0.2, -0.15) is 0 Å². The molecule has 4 heteroatoms. The highest BCUT2D eigenvalue weighted by Gasteiger charge is 2.48. The van der Waals surface area contributed by atoms with Crippen LogP contribution in [0.4, 0.5) is 0 Å². The molecule has 1 aromatic carbocycles. The predicted octanol–water partition coefficient (Wildman–Crippen LogP) is 3.18. The summed E-state index contributed by atoms with van der Waals surface area (Å²) < 4.78 is 4.05. The summed E-state index contributed by atoms with van der Waals surface area (Å²) in [6.45, 7) is 15.3. The minimum absolute atomic E-state index is 1.18. The van der Waals surface area contributed by atoms with Crippen molar-refractivity contribution in [1.29, 1.82) is 0 Å². The Labute approximate surface area is 137 Å². The lowest BCUT2D eigenvalue weighted by atomic mass is 10.0. The molecule has 0 spiro atoms. The zero-order valence-electron chi connectivity index (χ0n) is 13.8. The van der Waals surface area contributed by atoms with Crippen LogP contribution in [0.2, 0.25) is 0 Å². The van der Waals surface area contributed by atoms with E-state index in [1.54, 1.807) is 11.3 Å². The molecule has 5 rings (SSSR count). The van der Waals surface area contributed by atoms with Crippen LogP contribution in [-0.4, -0.2) is 59.8 Å². The molecule has 3 saturated heterocycles. The second-order valence-corrected chi connectivity index (χ2v) is 8.68. The van der Waals surface area contributed by atoms with Crippen LogP contribution in [0.25, 0.3) is 10.2 Å². The van der Waals surface area contributed by atoms with Gasteiger partial charge in [-0.15, -0.1) is 11.3 Å². The predicted molar refractivity (Wildman–Crippen MR) is 92.9 cm³/mol. The molecule has 3 aliphatic heterocycles. The Balaban J connectivity index is 1.53. The van der Waals surface area contributed by atoms with E-state index in [0.29, 0.717) is 0 Å². The SMILES string of the molecule is CCC[N+]12CC[N+](Cc3ccc4sc(C)nc4c3)(CC1)CC2. The van der Waals surface area contributed by atoms with E-state index in [1.165, 1.54) is 88.5 Å². The molecule has 3 nitrogen and oxygen atoms in total. The summed E-state index contributed by atoms with van der Waals surface area (Å²) in [6.07, 6.45) is 1.33. The lowest BCUT2D eigenvalue weighted by Crippen LogP contribution is -2.74. The standard InChI is InChI=1S/C18H27N3S/c1-3-6-20-7-10-21(11-8-20,12-9-20)14-16-4-5-18-17(13-16)19-15(2)22-18/h4-5,13H,3,6-12,14H2,1-2H3/q+2. The van der Waals surface area contributed by atoms with Gasteiger partial charge in [0.1, 0.15) is 45.8 Å². The first-order valence-corrected chi connectivity index (χ1v) is 9.50. The first-order chi connectivity index (χ1) is 10.6.